The molecule has 12 heavy (non-hydrogen) atoms. The minimum Gasteiger partial charge on any atom is -0.295 e. The number of hydrogen-bond acceptors (Lipinski definition) is 2. The zero-order valence-electron chi connectivity index (χ0n) is 7.39. The second-order valence-corrected chi connectivity index (χ2v) is 2.87. The van der Waals surface area contributed by atoms with Crippen molar-refractivity contribution in [3.8, 4) is 0 Å². The van der Waals surface area contributed by atoms with Crippen molar-refractivity contribution in [1.29, 1.82) is 0 Å². The molecule has 0 radical (unpaired) electrons. The van der Waals surface area contributed by atoms with Crippen LogP contribution < -0.4 is 0 Å². The Morgan fingerprint density at radius 3 is 2.58 bits per heavy atom. The Morgan fingerprint density at radius 1 is 1.50 bits per heavy atom. The maximum atomic E-state index is 11.2. The molecule has 0 aromatic carbocycles. The molecule has 0 bridgehead atoms. The van der Waals surface area contributed by atoms with Crippen molar-refractivity contribution in [2.24, 2.45) is 0 Å². The van der Waals surface area contributed by atoms with Crippen molar-refractivity contribution in [2.45, 2.75) is 26.7 Å². The lowest BCUT2D eigenvalue weighted by Gasteiger charge is -1.94. The molecular formula is C10H12O2. The standard InChI is InChI=1S/C10H12O2/c1-3-10(12)9-5-4-8(6-9)7(2)11/h4,6H,3,5H2,1-2H3. The molecule has 1 aliphatic carbocycles. The molecular weight excluding hydrogens is 152 g/mol. The van der Waals surface area contributed by atoms with Crippen molar-refractivity contribution in [1.82, 2.24) is 0 Å². The predicted octanol–water partition coefficient (Wildman–Crippen LogP) is 1.81. The van der Waals surface area contributed by atoms with Crippen LogP contribution in [0.3, 0.4) is 0 Å². The Kier molecular flexibility index (Phi) is 2.58. The molecule has 0 aromatic rings. The van der Waals surface area contributed by atoms with Gasteiger partial charge in [-0.05, 0) is 25.0 Å². The van der Waals surface area contributed by atoms with Gasteiger partial charge in [-0.3, -0.25) is 9.59 Å². The summed E-state index contributed by atoms with van der Waals surface area (Å²) >= 11 is 0. The van der Waals surface area contributed by atoms with Gasteiger partial charge in [0.1, 0.15) is 0 Å². The molecule has 0 N–H and O–H groups in total. The topological polar surface area (TPSA) is 34.1 Å². The summed E-state index contributed by atoms with van der Waals surface area (Å²) in [5, 5.41) is 0. The van der Waals surface area contributed by atoms with Gasteiger partial charge in [-0.15, -0.1) is 0 Å². The van der Waals surface area contributed by atoms with Crippen LogP contribution >= 0.6 is 0 Å². The summed E-state index contributed by atoms with van der Waals surface area (Å²) in [4.78, 5) is 22.0. The maximum absolute atomic E-state index is 11.2. The highest BCUT2D eigenvalue weighted by Crippen LogP contribution is 2.19. The van der Waals surface area contributed by atoms with Gasteiger partial charge in [0.05, 0.1) is 0 Å². The van der Waals surface area contributed by atoms with Gasteiger partial charge < -0.3 is 0 Å². The van der Waals surface area contributed by atoms with Crippen LogP contribution in [0.5, 0.6) is 0 Å². The number of Topliss-reactive ketones (excluding diaryl/α,β-unsaturated/α-hetero) is 2. The van der Waals surface area contributed by atoms with Gasteiger partial charge >= 0.3 is 0 Å². The zero-order chi connectivity index (χ0) is 9.14. The Morgan fingerprint density at radius 2 is 2.17 bits per heavy atom. The van der Waals surface area contributed by atoms with Crippen molar-refractivity contribution in [3.05, 3.63) is 23.3 Å². The third-order valence-corrected chi connectivity index (χ3v) is 1.96. The quantitative estimate of drug-likeness (QED) is 0.637. The largest absolute Gasteiger partial charge is 0.295 e. The van der Waals surface area contributed by atoms with Gasteiger partial charge in [0.2, 0.25) is 0 Å². The first-order chi connectivity index (χ1) is 5.65. The smallest absolute Gasteiger partial charge is 0.159 e. The molecule has 2 nitrogen and oxygen atoms in total. The molecule has 0 atom stereocenters. The summed E-state index contributed by atoms with van der Waals surface area (Å²) in [7, 11) is 0. The molecule has 0 unspecified atom stereocenters. The van der Waals surface area contributed by atoms with E-state index in [0.29, 0.717) is 18.4 Å². The summed E-state index contributed by atoms with van der Waals surface area (Å²) in [6.45, 7) is 3.34. The van der Waals surface area contributed by atoms with E-state index < -0.39 is 0 Å². The molecule has 64 valence electrons. The normalized spacial score (nSPS) is 15.5. The van der Waals surface area contributed by atoms with Gasteiger partial charge in [-0.2, -0.15) is 0 Å². The monoisotopic (exact) mass is 164 g/mol. The van der Waals surface area contributed by atoms with Crippen LogP contribution in [0.1, 0.15) is 26.7 Å². The highest BCUT2D eigenvalue weighted by Gasteiger charge is 2.14. The van der Waals surface area contributed by atoms with Gasteiger partial charge in [-0.1, -0.05) is 13.0 Å². The molecule has 0 aliphatic heterocycles. The van der Waals surface area contributed by atoms with Crippen molar-refractivity contribution < 1.29 is 9.59 Å². The molecule has 0 saturated heterocycles. The van der Waals surface area contributed by atoms with Crippen LogP contribution in [-0.4, -0.2) is 11.6 Å². The fourth-order valence-electron chi connectivity index (χ4n) is 1.19. The van der Waals surface area contributed by atoms with Gasteiger partial charge in [0.25, 0.3) is 0 Å². The van der Waals surface area contributed by atoms with E-state index >= 15 is 0 Å². The van der Waals surface area contributed by atoms with E-state index in [2.05, 4.69) is 0 Å². The summed E-state index contributed by atoms with van der Waals surface area (Å²) < 4.78 is 0. The molecule has 1 rings (SSSR count). The minimum atomic E-state index is 0.0360. The van der Waals surface area contributed by atoms with E-state index in [9.17, 15) is 9.59 Å². The Bertz CT molecular complexity index is 282. The lowest BCUT2D eigenvalue weighted by atomic mass is 10.1. The number of ketones is 2. The number of allylic oxidation sites excluding steroid dienone is 4. The van der Waals surface area contributed by atoms with Crippen LogP contribution in [0.15, 0.2) is 23.3 Å². The van der Waals surface area contributed by atoms with Crippen LogP contribution in [0.4, 0.5) is 0 Å². The second-order valence-electron chi connectivity index (χ2n) is 2.87. The molecule has 0 saturated carbocycles. The van der Waals surface area contributed by atoms with Crippen LogP contribution in [0.2, 0.25) is 0 Å². The fraction of sp³-hybridized carbons (Fsp3) is 0.400. The maximum Gasteiger partial charge on any atom is 0.159 e. The van der Waals surface area contributed by atoms with E-state index in [4.69, 9.17) is 0 Å². The van der Waals surface area contributed by atoms with Gasteiger partial charge in [0, 0.05) is 12.0 Å². The summed E-state index contributed by atoms with van der Waals surface area (Å²) in [5.41, 5.74) is 1.44. The Hall–Kier alpha value is -1.18. The number of carbonyl (C=O) groups excluding carboxylic acids is 2. The van der Waals surface area contributed by atoms with E-state index in [1.54, 1.807) is 6.08 Å². The summed E-state index contributed by atoms with van der Waals surface area (Å²) in [5.74, 6) is 0.177. The first kappa shape index (κ1) is 8.91. The SMILES string of the molecule is CCC(=O)C1=CC(C(C)=O)=CC1. The minimum absolute atomic E-state index is 0.0360. The number of hydrogen-bond donors (Lipinski definition) is 0. The van der Waals surface area contributed by atoms with Crippen LogP contribution in [0.25, 0.3) is 0 Å². The van der Waals surface area contributed by atoms with Crippen molar-refractivity contribution in [3.63, 3.8) is 0 Å². The third kappa shape index (κ3) is 1.70. The predicted molar refractivity (Wildman–Crippen MR) is 46.8 cm³/mol. The van der Waals surface area contributed by atoms with Crippen LogP contribution in [-0.2, 0) is 9.59 Å². The zero-order valence-corrected chi connectivity index (χ0v) is 7.39. The second kappa shape index (κ2) is 3.48. The molecule has 0 fully saturated rings. The molecule has 0 spiro atoms. The van der Waals surface area contributed by atoms with E-state index in [-0.39, 0.29) is 11.6 Å². The summed E-state index contributed by atoms with van der Waals surface area (Å²) in [6, 6.07) is 0. The molecule has 0 aromatic heterocycles. The first-order valence-corrected chi connectivity index (χ1v) is 4.10. The lowest BCUT2D eigenvalue weighted by molar-refractivity contribution is -0.115. The van der Waals surface area contributed by atoms with E-state index in [1.807, 2.05) is 13.0 Å². The number of rotatable bonds is 3. The average molecular weight is 164 g/mol. The third-order valence-electron chi connectivity index (χ3n) is 1.96. The van der Waals surface area contributed by atoms with Gasteiger partial charge in [-0.25, -0.2) is 0 Å². The Balaban J connectivity index is 2.73. The van der Waals surface area contributed by atoms with Gasteiger partial charge in [0.15, 0.2) is 11.6 Å². The molecule has 1 aliphatic rings. The fourth-order valence-corrected chi connectivity index (χ4v) is 1.19. The first-order valence-electron chi connectivity index (χ1n) is 4.10. The van der Waals surface area contributed by atoms with Crippen molar-refractivity contribution in [2.75, 3.05) is 0 Å². The van der Waals surface area contributed by atoms with E-state index in [1.165, 1.54) is 6.92 Å². The van der Waals surface area contributed by atoms with Crippen molar-refractivity contribution >= 4 is 11.6 Å². The highest BCUT2D eigenvalue weighted by molar-refractivity contribution is 6.03. The lowest BCUT2D eigenvalue weighted by Crippen LogP contribution is -1.97. The average Bonchev–Trinajstić information content (AvgIpc) is 2.51. The highest BCUT2D eigenvalue weighted by atomic mass is 16.1. The van der Waals surface area contributed by atoms with E-state index in [0.717, 1.165) is 5.57 Å². The molecule has 0 heterocycles. The molecule has 0 amide bonds. The molecule has 2 heteroatoms. The van der Waals surface area contributed by atoms with Crippen LogP contribution in [0, 0.1) is 0 Å². The Labute approximate surface area is 72.0 Å². The number of carbonyl (C=O) groups is 2. The summed E-state index contributed by atoms with van der Waals surface area (Å²) in [6.07, 6.45) is 4.66.